The van der Waals surface area contributed by atoms with Gasteiger partial charge in [-0.15, -0.1) is 0 Å². The number of ketones is 2. The average Bonchev–Trinajstić information content (AvgIpc) is 2.52. The number of fused-ring (bicyclic) bond motifs is 1. The van der Waals surface area contributed by atoms with Gasteiger partial charge in [0, 0.05) is 41.4 Å². The molecule has 1 N–H and O–H groups in total. The second-order valence-electron chi connectivity index (χ2n) is 4.96. The van der Waals surface area contributed by atoms with Gasteiger partial charge in [-0.1, -0.05) is 24.3 Å². The third-order valence-corrected chi connectivity index (χ3v) is 3.57. The van der Waals surface area contributed by atoms with Crippen LogP contribution in [0.3, 0.4) is 0 Å². The van der Waals surface area contributed by atoms with Crippen LogP contribution in [-0.2, 0) is 9.53 Å². The highest BCUT2D eigenvalue weighted by molar-refractivity contribution is 6.28. The lowest BCUT2D eigenvalue weighted by Crippen LogP contribution is -2.20. The molecule has 0 atom stereocenters. The first-order valence-corrected chi connectivity index (χ1v) is 6.79. The minimum Gasteiger partial charge on any atom is -0.478 e. The Labute approximate surface area is 127 Å². The van der Waals surface area contributed by atoms with E-state index in [1.165, 1.54) is 20.1 Å². The van der Waals surface area contributed by atoms with Gasteiger partial charge in [-0.25, -0.2) is 4.79 Å². The lowest BCUT2D eigenvalue weighted by atomic mass is 9.84. The van der Waals surface area contributed by atoms with E-state index in [4.69, 9.17) is 4.74 Å². The molecule has 0 aromatic heterocycles. The Balaban J connectivity index is 2.50. The molecule has 0 unspecified atom stereocenters. The molecule has 0 spiro atoms. The van der Waals surface area contributed by atoms with Crippen molar-refractivity contribution >= 4 is 17.5 Å². The maximum atomic E-state index is 12.5. The molecule has 5 nitrogen and oxygen atoms in total. The van der Waals surface area contributed by atoms with Crippen LogP contribution in [0, 0.1) is 0 Å². The summed E-state index contributed by atoms with van der Waals surface area (Å²) in [5, 5.41) is 9.22. The summed E-state index contributed by atoms with van der Waals surface area (Å²) in [5.74, 6) is -1.71. The smallest absolute Gasteiger partial charge is 0.331 e. The van der Waals surface area contributed by atoms with Crippen LogP contribution in [0.15, 0.2) is 47.1 Å². The first kappa shape index (κ1) is 15.9. The van der Waals surface area contributed by atoms with Gasteiger partial charge in [0.1, 0.15) is 0 Å². The zero-order valence-corrected chi connectivity index (χ0v) is 12.4. The maximum Gasteiger partial charge on any atom is 0.331 e. The predicted octanol–water partition coefficient (Wildman–Crippen LogP) is 2.43. The summed E-state index contributed by atoms with van der Waals surface area (Å²) >= 11 is 0. The molecule has 0 bridgehead atoms. The van der Waals surface area contributed by atoms with Gasteiger partial charge < -0.3 is 9.84 Å². The zero-order chi connectivity index (χ0) is 16.3. The van der Waals surface area contributed by atoms with Crippen LogP contribution in [-0.4, -0.2) is 36.4 Å². The molecule has 114 valence electrons. The molecule has 0 aliphatic heterocycles. The molecule has 0 amide bonds. The van der Waals surface area contributed by atoms with E-state index in [0.29, 0.717) is 11.1 Å². The number of carbonyl (C=O) groups is 3. The quantitative estimate of drug-likeness (QED) is 0.845. The molecule has 2 rings (SSSR count). The molecule has 22 heavy (non-hydrogen) atoms. The van der Waals surface area contributed by atoms with Crippen LogP contribution in [0.25, 0.3) is 0 Å². The van der Waals surface area contributed by atoms with Crippen LogP contribution >= 0.6 is 0 Å². The van der Waals surface area contributed by atoms with Gasteiger partial charge in [-0.2, -0.15) is 0 Å². The van der Waals surface area contributed by atoms with E-state index in [0.717, 1.165) is 0 Å². The second-order valence-corrected chi connectivity index (χ2v) is 4.96. The van der Waals surface area contributed by atoms with Gasteiger partial charge in [0.2, 0.25) is 0 Å². The molecule has 1 aliphatic carbocycles. The van der Waals surface area contributed by atoms with Crippen molar-refractivity contribution in [3.05, 3.63) is 58.2 Å². The number of hydrogen-bond acceptors (Lipinski definition) is 4. The molecule has 0 fully saturated rings. The minimum absolute atomic E-state index is 0.0386. The number of rotatable bonds is 5. The van der Waals surface area contributed by atoms with Crippen LogP contribution in [0.4, 0.5) is 0 Å². The van der Waals surface area contributed by atoms with Crippen LogP contribution in [0.2, 0.25) is 0 Å². The van der Waals surface area contributed by atoms with Crippen molar-refractivity contribution in [3.63, 3.8) is 0 Å². The third kappa shape index (κ3) is 2.89. The molecule has 0 saturated heterocycles. The van der Waals surface area contributed by atoms with E-state index in [9.17, 15) is 19.5 Å². The van der Waals surface area contributed by atoms with Crippen molar-refractivity contribution in [2.75, 3.05) is 13.7 Å². The molecule has 5 heteroatoms. The summed E-state index contributed by atoms with van der Waals surface area (Å²) in [6.07, 6.45) is 1.44. The highest BCUT2D eigenvalue weighted by Gasteiger charge is 2.29. The fourth-order valence-corrected chi connectivity index (χ4v) is 2.32. The Kier molecular flexibility index (Phi) is 4.68. The number of allylic oxidation sites excluding steroid dienone is 3. The summed E-state index contributed by atoms with van der Waals surface area (Å²) in [6, 6.07) is 6.54. The largest absolute Gasteiger partial charge is 0.478 e. The number of aliphatic carboxylic acids is 1. The van der Waals surface area contributed by atoms with Gasteiger partial charge in [-0.3, -0.25) is 9.59 Å². The SMILES string of the molecule is COCC/C(=C\C1=C(C)C(=O)c2ccccc2C1=O)C(=O)O. The molecular formula is C17H16O5. The van der Waals surface area contributed by atoms with Crippen LogP contribution in [0.5, 0.6) is 0 Å². The van der Waals surface area contributed by atoms with E-state index in [1.54, 1.807) is 24.3 Å². The average molecular weight is 300 g/mol. The highest BCUT2D eigenvalue weighted by Crippen LogP contribution is 2.27. The fourth-order valence-electron chi connectivity index (χ4n) is 2.32. The maximum absolute atomic E-state index is 12.5. The molecule has 0 radical (unpaired) electrons. The summed E-state index contributed by atoms with van der Waals surface area (Å²) in [5.41, 5.74) is 1.10. The zero-order valence-electron chi connectivity index (χ0n) is 12.4. The lowest BCUT2D eigenvalue weighted by molar-refractivity contribution is -0.132. The van der Waals surface area contributed by atoms with E-state index in [2.05, 4.69) is 0 Å². The van der Waals surface area contributed by atoms with Gasteiger partial charge in [0.05, 0.1) is 6.61 Å². The summed E-state index contributed by atoms with van der Waals surface area (Å²) in [6.45, 7) is 1.76. The molecule has 0 saturated carbocycles. The lowest BCUT2D eigenvalue weighted by Gasteiger charge is -2.17. The molecular weight excluding hydrogens is 284 g/mol. The Hall–Kier alpha value is -2.53. The van der Waals surface area contributed by atoms with Crippen LogP contribution in [0.1, 0.15) is 34.1 Å². The van der Waals surface area contributed by atoms with E-state index >= 15 is 0 Å². The van der Waals surface area contributed by atoms with Crippen molar-refractivity contribution in [2.24, 2.45) is 0 Å². The number of ether oxygens (including phenoxy) is 1. The van der Waals surface area contributed by atoms with E-state index in [-0.39, 0.29) is 41.3 Å². The van der Waals surface area contributed by atoms with Crippen molar-refractivity contribution in [2.45, 2.75) is 13.3 Å². The number of benzene rings is 1. The summed E-state index contributed by atoms with van der Waals surface area (Å²) in [4.78, 5) is 36.1. The number of carboxylic acids is 1. The minimum atomic E-state index is -1.13. The number of carboxylic acid groups (broad SMARTS) is 1. The molecule has 1 aromatic carbocycles. The fraction of sp³-hybridized carbons (Fsp3) is 0.235. The van der Waals surface area contributed by atoms with Gasteiger partial charge in [-0.05, 0) is 13.0 Å². The monoisotopic (exact) mass is 300 g/mol. The summed E-state index contributed by atoms with van der Waals surface area (Å²) < 4.78 is 4.87. The Bertz CT molecular complexity index is 710. The van der Waals surface area contributed by atoms with Crippen molar-refractivity contribution in [1.82, 2.24) is 0 Å². The molecule has 1 aliphatic rings. The Morgan fingerprint density at radius 1 is 1.18 bits per heavy atom. The second kappa shape index (κ2) is 6.49. The Morgan fingerprint density at radius 3 is 2.32 bits per heavy atom. The number of Topliss-reactive ketones (excluding diaryl/α,β-unsaturated/α-hetero) is 2. The van der Waals surface area contributed by atoms with E-state index in [1.807, 2.05) is 0 Å². The molecule has 1 aromatic rings. The first-order chi connectivity index (χ1) is 10.5. The van der Waals surface area contributed by atoms with Crippen molar-refractivity contribution in [3.8, 4) is 0 Å². The highest BCUT2D eigenvalue weighted by atomic mass is 16.5. The topological polar surface area (TPSA) is 80.7 Å². The Morgan fingerprint density at radius 2 is 1.77 bits per heavy atom. The third-order valence-electron chi connectivity index (χ3n) is 3.57. The first-order valence-electron chi connectivity index (χ1n) is 6.79. The number of carbonyl (C=O) groups excluding carboxylic acids is 2. The summed E-state index contributed by atoms with van der Waals surface area (Å²) in [7, 11) is 1.47. The van der Waals surface area contributed by atoms with E-state index < -0.39 is 5.97 Å². The number of hydrogen-bond donors (Lipinski definition) is 1. The van der Waals surface area contributed by atoms with Crippen molar-refractivity contribution in [1.29, 1.82) is 0 Å². The number of methoxy groups -OCH3 is 1. The normalized spacial score (nSPS) is 15.1. The standard InChI is InChI=1S/C17H16O5/c1-10-14(9-11(17(20)21)7-8-22-2)16(19)13-6-4-3-5-12(13)15(10)18/h3-6,9H,7-8H2,1-2H3,(H,20,21)/b11-9+. The molecule has 0 heterocycles. The van der Waals surface area contributed by atoms with Crippen molar-refractivity contribution < 1.29 is 24.2 Å². The van der Waals surface area contributed by atoms with Gasteiger partial charge >= 0.3 is 5.97 Å². The van der Waals surface area contributed by atoms with Crippen LogP contribution < -0.4 is 0 Å². The predicted molar refractivity (Wildman–Crippen MR) is 80.0 cm³/mol. The van der Waals surface area contributed by atoms with Gasteiger partial charge in [0.25, 0.3) is 0 Å². The van der Waals surface area contributed by atoms with Gasteiger partial charge in [0.15, 0.2) is 11.6 Å².